The Hall–Kier alpha value is -1.37. The average molecular weight is 316 g/mol. The van der Waals surface area contributed by atoms with Gasteiger partial charge < -0.3 is 0 Å². The minimum absolute atomic E-state index is 0.00156. The van der Waals surface area contributed by atoms with Gasteiger partial charge in [-0.25, -0.2) is 17.7 Å². The Kier molecular flexibility index (Phi) is 2.88. The fourth-order valence-electron chi connectivity index (χ4n) is 1.93. The summed E-state index contributed by atoms with van der Waals surface area (Å²) < 4.78 is 26.0. The van der Waals surface area contributed by atoms with E-state index in [-0.39, 0.29) is 22.5 Å². The van der Waals surface area contributed by atoms with E-state index >= 15 is 0 Å². The van der Waals surface area contributed by atoms with Crippen molar-refractivity contribution >= 4 is 39.0 Å². The molecule has 0 spiro atoms. The molecule has 2 aromatic rings. The maximum atomic E-state index is 12.4. The number of nitrogens with zero attached hydrogens (tertiary/aromatic N) is 3. The van der Waals surface area contributed by atoms with E-state index in [1.54, 1.807) is 12.1 Å². The predicted octanol–water partition coefficient (Wildman–Crippen LogP) is 2.49. The van der Waals surface area contributed by atoms with E-state index in [9.17, 15) is 8.42 Å². The Morgan fingerprint density at radius 2 is 2.00 bits per heavy atom. The van der Waals surface area contributed by atoms with Crippen LogP contribution < -0.4 is 4.31 Å². The Morgan fingerprint density at radius 1 is 1.21 bits per heavy atom. The van der Waals surface area contributed by atoms with Gasteiger partial charge in [0.2, 0.25) is 5.28 Å². The van der Waals surface area contributed by atoms with E-state index in [0.717, 1.165) is 0 Å². The third-order valence-corrected chi connectivity index (χ3v) is 5.03. The van der Waals surface area contributed by atoms with Crippen molar-refractivity contribution in [2.45, 2.75) is 11.4 Å². The third-order valence-electron chi connectivity index (χ3n) is 2.78. The molecule has 3 rings (SSSR count). The van der Waals surface area contributed by atoms with Crippen LogP contribution in [0.2, 0.25) is 10.3 Å². The summed E-state index contributed by atoms with van der Waals surface area (Å²) in [5.41, 5.74) is 0.680. The molecule has 1 aliphatic heterocycles. The van der Waals surface area contributed by atoms with Crippen molar-refractivity contribution in [2.24, 2.45) is 0 Å². The van der Waals surface area contributed by atoms with Crippen molar-refractivity contribution in [1.82, 2.24) is 9.97 Å². The average Bonchev–Trinajstić information content (AvgIpc) is 2.61. The summed E-state index contributed by atoms with van der Waals surface area (Å²) in [4.78, 5) is 7.86. The maximum Gasteiger partial charge on any atom is 0.266 e. The second-order valence-corrected chi connectivity index (χ2v) is 6.55. The van der Waals surface area contributed by atoms with E-state index in [1.807, 2.05) is 0 Å². The first-order valence-corrected chi connectivity index (χ1v) is 7.48. The molecule has 0 atom stereocenters. The number of aromatic nitrogens is 2. The van der Waals surface area contributed by atoms with E-state index < -0.39 is 10.0 Å². The van der Waals surface area contributed by atoms with Gasteiger partial charge in [0.25, 0.3) is 10.0 Å². The molecule has 98 valence electrons. The van der Waals surface area contributed by atoms with Crippen LogP contribution in [0, 0.1) is 0 Å². The highest BCUT2D eigenvalue weighted by Gasteiger charge is 2.35. The molecule has 0 N–H and O–H groups in total. The van der Waals surface area contributed by atoms with Gasteiger partial charge >= 0.3 is 0 Å². The Morgan fingerprint density at radius 3 is 2.74 bits per heavy atom. The summed E-state index contributed by atoms with van der Waals surface area (Å²) in [7, 11) is -3.64. The number of sulfonamides is 1. The fraction of sp³-hybridized carbons (Fsp3) is 0.0909. The van der Waals surface area contributed by atoms with Crippen molar-refractivity contribution in [3.05, 3.63) is 46.3 Å². The highest BCUT2D eigenvalue weighted by Crippen LogP contribution is 2.35. The quantitative estimate of drug-likeness (QED) is 0.758. The molecule has 0 saturated heterocycles. The zero-order chi connectivity index (χ0) is 13.6. The third kappa shape index (κ3) is 2.05. The van der Waals surface area contributed by atoms with Crippen LogP contribution in [-0.2, 0) is 16.6 Å². The summed E-state index contributed by atoms with van der Waals surface area (Å²) in [5, 5.41) is 0.381. The van der Waals surface area contributed by atoms with Crippen LogP contribution in [0.15, 0.2) is 35.4 Å². The molecule has 19 heavy (non-hydrogen) atoms. The predicted molar refractivity (Wildman–Crippen MR) is 71.9 cm³/mol. The molecule has 0 bridgehead atoms. The van der Waals surface area contributed by atoms with Crippen LogP contribution in [0.3, 0.4) is 0 Å². The van der Waals surface area contributed by atoms with E-state index in [4.69, 9.17) is 23.2 Å². The molecule has 0 aliphatic carbocycles. The maximum absolute atomic E-state index is 12.4. The van der Waals surface area contributed by atoms with Crippen LogP contribution in [0.5, 0.6) is 0 Å². The largest absolute Gasteiger partial charge is 0.266 e. The molecule has 1 aromatic carbocycles. The van der Waals surface area contributed by atoms with Crippen molar-refractivity contribution in [1.29, 1.82) is 0 Å². The summed E-state index contributed by atoms with van der Waals surface area (Å²) >= 11 is 11.5. The monoisotopic (exact) mass is 315 g/mol. The van der Waals surface area contributed by atoms with Crippen LogP contribution in [-0.4, -0.2) is 18.4 Å². The summed E-state index contributed by atoms with van der Waals surface area (Å²) in [5.74, 6) is 0.243. The molecule has 2 heterocycles. The van der Waals surface area contributed by atoms with Gasteiger partial charge in [-0.15, -0.1) is 0 Å². The topological polar surface area (TPSA) is 63.2 Å². The van der Waals surface area contributed by atoms with Crippen molar-refractivity contribution in [3.63, 3.8) is 0 Å². The molecule has 0 fully saturated rings. The van der Waals surface area contributed by atoms with E-state index in [1.165, 1.54) is 22.6 Å². The lowest BCUT2D eigenvalue weighted by Crippen LogP contribution is -2.24. The van der Waals surface area contributed by atoms with Crippen LogP contribution >= 0.6 is 23.2 Å². The van der Waals surface area contributed by atoms with Crippen molar-refractivity contribution in [2.75, 3.05) is 4.31 Å². The molecular weight excluding hydrogens is 309 g/mol. The first kappa shape index (κ1) is 12.7. The zero-order valence-corrected chi connectivity index (χ0v) is 11.7. The second kappa shape index (κ2) is 4.33. The highest BCUT2D eigenvalue weighted by molar-refractivity contribution is 7.93. The first-order valence-electron chi connectivity index (χ1n) is 5.28. The smallest absolute Gasteiger partial charge is 0.245 e. The molecule has 0 saturated carbocycles. The number of anilines is 1. The van der Waals surface area contributed by atoms with Crippen molar-refractivity contribution in [3.8, 4) is 0 Å². The number of hydrogen-bond donors (Lipinski definition) is 0. The van der Waals surface area contributed by atoms with Crippen molar-refractivity contribution < 1.29 is 8.42 Å². The van der Waals surface area contributed by atoms with Gasteiger partial charge in [0.15, 0.2) is 0 Å². The molecular formula is C11H7Cl2N3O2S. The van der Waals surface area contributed by atoms with Crippen LogP contribution in [0.4, 0.5) is 5.82 Å². The first-order chi connectivity index (χ1) is 8.98. The molecule has 1 aliphatic rings. The van der Waals surface area contributed by atoms with E-state index in [0.29, 0.717) is 10.6 Å². The number of halogens is 2. The SMILES string of the molecule is O=S1(=O)c2cc(Cl)ccc2CN1c1ccnc(Cl)n1. The summed E-state index contributed by atoms with van der Waals surface area (Å²) in [6.45, 7) is 0.210. The summed E-state index contributed by atoms with van der Waals surface area (Å²) in [6, 6.07) is 6.29. The molecule has 8 heteroatoms. The molecule has 0 unspecified atom stereocenters. The Labute approximate surface area is 119 Å². The fourth-order valence-corrected chi connectivity index (χ4v) is 3.94. The number of hydrogen-bond acceptors (Lipinski definition) is 4. The number of fused-ring (bicyclic) bond motifs is 1. The van der Waals surface area contributed by atoms with E-state index in [2.05, 4.69) is 9.97 Å². The standard InChI is InChI=1S/C11H7Cl2N3O2S/c12-8-2-1-7-6-16(19(17,18)9(7)5-8)10-3-4-14-11(13)15-10/h1-5H,6H2. The number of rotatable bonds is 1. The van der Waals surface area contributed by atoms with Gasteiger partial charge in [-0.05, 0) is 29.3 Å². The molecule has 0 radical (unpaired) electrons. The zero-order valence-electron chi connectivity index (χ0n) is 9.42. The van der Waals surface area contributed by atoms with Gasteiger partial charge in [0.1, 0.15) is 5.82 Å². The Bertz CT molecular complexity index is 764. The van der Waals surface area contributed by atoms with Gasteiger partial charge in [-0.2, -0.15) is 4.98 Å². The normalized spacial score (nSPS) is 16.4. The van der Waals surface area contributed by atoms with Gasteiger partial charge in [0.05, 0.1) is 11.4 Å². The van der Waals surface area contributed by atoms with Crippen LogP contribution in [0.1, 0.15) is 5.56 Å². The second-order valence-electron chi connectivity index (χ2n) is 3.95. The van der Waals surface area contributed by atoms with Gasteiger partial charge in [0, 0.05) is 17.3 Å². The number of benzene rings is 1. The minimum Gasteiger partial charge on any atom is -0.245 e. The van der Waals surface area contributed by atoms with Gasteiger partial charge in [-0.1, -0.05) is 17.7 Å². The lowest BCUT2D eigenvalue weighted by molar-refractivity contribution is 0.596. The molecule has 0 amide bonds. The highest BCUT2D eigenvalue weighted by atomic mass is 35.5. The van der Waals surface area contributed by atoms with Gasteiger partial charge in [-0.3, -0.25) is 0 Å². The molecule has 1 aromatic heterocycles. The lowest BCUT2D eigenvalue weighted by Gasteiger charge is -2.15. The lowest BCUT2D eigenvalue weighted by atomic mass is 10.2. The van der Waals surface area contributed by atoms with Crippen LogP contribution in [0.25, 0.3) is 0 Å². The molecule has 5 nitrogen and oxygen atoms in total. The Balaban J connectivity index is 2.14. The summed E-state index contributed by atoms with van der Waals surface area (Å²) in [6.07, 6.45) is 1.41. The minimum atomic E-state index is -3.64.